The molecule has 2 unspecified atom stereocenters. The Labute approximate surface area is 178 Å². The van der Waals surface area contributed by atoms with Gasteiger partial charge in [0.05, 0.1) is 25.9 Å². The molecule has 1 aromatic carbocycles. The maximum absolute atomic E-state index is 6.05. The van der Waals surface area contributed by atoms with Crippen molar-refractivity contribution in [3.63, 3.8) is 0 Å². The summed E-state index contributed by atoms with van der Waals surface area (Å²) in [6.07, 6.45) is 0. The van der Waals surface area contributed by atoms with E-state index in [4.69, 9.17) is 21.1 Å². The minimum atomic E-state index is 0. The van der Waals surface area contributed by atoms with E-state index in [1.165, 1.54) is 5.56 Å². The van der Waals surface area contributed by atoms with Gasteiger partial charge < -0.3 is 20.1 Å². The van der Waals surface area contributed by atoms with E-state index in [-0.39, 0.29) is 36.1 Å². The first kappa shape index (κ1) is 23.4. The maximum Gasteiger partial charge on any atom is 0.191 e. The molecule has 1 aromatic rings. The molecule has 1 aliphatic heterocycles. The van der Waals surface area contributed by atoms with Crippen molar-refractivity contribution >= 4 is 41.5 Å². The first-order chi connectivity index (χ1) is 12.1. The van der Waals surface area contributed by atoms with Crippen LogP contribution in [0.4, 0.5) is 0 Å². The Balaban J connectivity index is 0.00000338. The number of morpholine rings is 1. The fraction of sp³-hybridized carbons (Fsp3) is 0.611. The monoisotopic (exact) mass is 496 g/mol. The van der Waals surface area contributed by atoms with Crippen LogP contribution < -0.4 is 10.6 Å². The van der Waals surface area contributed by atoms with Crippen LogP contribution >= 0.6 is 35.6 Å². The van der Waals surface area contributed by atoms with E-state index in [1.807, 2.05) is 12.1 Å². The molecule has 2 atom stereocenters. The molecule has 0 spiro atoms. The summed E-state index contributed by atoms with van der Waals surface area (Å²) in [5.41, 5.74) is 1.24. The molecule has 0 saturated carbocycles. The summed E-state index contributed by atoms with van der Waals surface area (Å²) in [7, 11) is 3.48. The van der Waals surface area contributed by atoms with Crippen LogP contribution in [0.3, 0.4) is 0 Å². The first-order valence-electron chi connectivity index (χ1n) is 8.67. The quantitative estimate of drug-likeness (QED) is 0.345. The van der Waals surface area contributed by atoms with Crippen LogP contribution in [0.5, 0.6) is 0 Å². The molecule has 1 saturated heterocycles. The van der Waals surface area contributed by atoms with E-state index in [1.54, 1.807) is 14.2 Å². The van der Waals surface area contributed by atoms with Crippen molar-refractivity contribution < 1.29 is 9.47 Å². The highest BCUT2D eigenvalue weighted by Gasteiger charge is 2.23. The average Bonchev–Trinajstić information content (AvgIpc) is 2.63. The largest absolute Gasteiger partial charge is 0.383 e. The van der Waals surface area contributed by atoms with Crippen molar-refractivity contribution in [1.82, 2.24) is 15.5 Å². The van der Waals surface area contributed by atoms with Gasteiger partial charge in [-0.05, 0) is 24.6 Å². The van der Waals surface area contributed by atoms with Crippen molar-refractivity contribution in [2.24, 2.45) is 4.99 Å². The number of halogens is 2. The third kappa shape index (κ3) is 7.56. The second kappa shape index (κ2) is 12.7. The van der Waals surface area contributed by atoms with Crippen LogP contribution in [0.25, 0.3) is 0 Å². The molecule has 0 aromatic heterocycles. The highest BCUT2D eigenvalue weighted by Crippen LogP contribution is 2.23. The van der Waals surface area contributed by atoms with E-state index >= 15 is 0 Å². The Kier molecular flexibility index (Phi) is 11.5. The Hall–Kier alpha value is -0.610. The number of ether oxygens (including phenoxy) is 2. The van der Waals surface area contributed by atoms with Gasteiger partial charge in [0, 0.05) is 44.9 Å². The van der Waals surface area contributed by atoms with Crippen LogP contribution in [-0.2, 0) is 9.47 Å². The molecule has 6 nitrogen and oxygen atoms in total. The fourth-order valence-corrected chi connectivity index (χ4v) is 3.07. The summed E-state index contributed by atoms with van der Waals surface area (Å²) in [4.78, 5) is 6.75. The average molecular weight is 497 g/mol. The van der Waals surface area contributed by atoms with Gasteiger partial charge in [-0.1, -0.05) is 23.7 Å². The predicted octanol–water partition coefficient (Wildman–Crippen LogP) is 2.53. The lowest BCUT2D eigenvalue weighted by atomic mass is 10.0. The zero-order valence-corrected chi connectivity index (χ0v) is 18.8. The van der Waals surface area contributed by atoms with E-state index in [2.05, 4.69) is 39.6 Å². The lowest BCUT2D eigenvalue weighted by Gasteiger charge is -2.35. The number of nitrogens with zero attached hydrogens (tertiary/aromatic N) is 2. The van der Waals surface area contributed by atoms with Crippen molar-refractivity contribution in [2.45, 2.75) is 19.0 Å². The van der Waals surface area contributed by atoms with Gasteiger partial charge in [0.1, 0.15) is 0 Å². The minimum absolute atomic E-state index is 0. The second-order valence-corrected chi connectivity index (χ2v) is 6.61. The molecule has 0 bridgehead atoms. The van der Waals surface area contributed by atoms with Gasteiger partial charge in [-0.2, -0.15) is 0 Å². The molecule has 2 rings (SSSR count). The third-order valence-electron chi connectivity index (χ3n) is 4.23. The van der Waals surface area contributed by atoms with Gasteiger partial charge in [-0.3, -0.25) is 9.89 Å². The molecular weight excluding hydrogens is 467 g/mol. The van der Waals surface area contributed by atoms with Crippen LogP contribution in [0.1, 0.15) is 18.5 Å². The van der Waals surface area contributed by atoms with Crippen molar-refractivity contribution in [2.75, 3.05) is 53.6 Å². The van der Waals surface area contributed by atoms with Crippen molar-refractivity contribution in [3.8, 4) is 0 Å². The predicted molar refractivity (Wildman–Crippen MR) is 118 cm³/mol. The molecule has 8 heteroatoms. The lowest BCUT2D eigenvalue weighted by molar-refractivity contribution is 0.0170. The number of hydrogen-bond acceptors (Lipinski definition) is 4. The Morgan fingerprint density at radius 3 is 2.54 bits per heavy atom. The number of rotatable bonds is 7. The van der Waals surface area contributed by atoms with E-state index in [0.717, 1.165) is 43.8 Å². The van der Waals surface area contributed by atoms with Gasteiger partial charge in [-0.25, -0.2) is 0 Å². The number of hydrogen-bond donors (Lipinski definition) is 2. The topological polar surface area (TPSA) is 58.1 Å². The summed E-state index contributed by atoms with van der Waals surface area (Å²) in [5.74, 6) is 0.775. The van der Waals surface area contributed by atoms with Gasteiger partial charge in [0.2, 0.25) is 0 Å². The molecular formula is C18H30ClIN4O2. The van der Waals surface area contributed by atoms with Gasteiger partial charge >= 0.3 is 0 Å². The standard InChI is InChI=1S/C18H29ClN4O2.HI/c1-14(13-24-3)22-18(20-2)21-12-17(23-8-10-25-11-9-23)15-4-6-16(19)7-5-15;/h4-7,14,17H,8-13H2,1-3H3,(H2,20,21,22);1H. The highest BCUT2D eigenvalue weighted by atomic mass is 127. The number of nitrogens with one attached hydrogen (secondary N) is 2. The van der Waals surface area contributed by atoms with Gasteiger partial charge in [0.25, 0.3) is 0 Å². The summed E-state index contributed by atoms with van der Waals surface area (Å²) >= 11 is 6.05. The lowest BCUT2D eigenvalue weighted by Crippen LogP contribution is -2.48. The number of benzene rings is 1. The maximum atomic E-state index is 6.05. The van der Waals surface area contributed by atoms with Crippen LogP contribution in [0.2, 0.25) is 5.02 Å². The Morgan fingerprint density at radius 1 is 1.31 bits per heavy atom. The molecule has 1 heterocycles. The zero-order chi connectivity index (χ0) is 18.1. The molecule has 0 aliphatic carbocycles. The molecule has 0 amide bonds. The van der Waals surface area contributed by atoms with E-state index in [0.29, 0.717) is 6.61 Å². The number of guanidine groups is 1. The zero-order valence-electron chi connectivity index (χ0n) is 15.7. The fourth-order valence-electron chi connectivity index (χ4n) is 2.94. The van der Waals surface area contributed by atoms with Crippen molar-refractivity contribution in [1.29, 1.82) is 0 Å². The van der Waals surface area contributed by atoms with E-state index < -0.39 is 0 Å². The normalized spacial score (nSPS) is 17.9. The number of methoxy groups -OCH3 is 1. The Morgan fingerprint density at radius 2 is 1.96 bits per heavy atom. The molecule has 1 aliphatic rings. The van der Waals surface area contributed by atoms with Gasteiger partial charge in [0.15, 0.2) is 5.96 Å². The minimum Gasteiger partial charge on any atom is -0.383 e. The summed E-state index contributed by atoms with van der Waals surface area (Å²) in [6.45, 7) is 6.81. The third-order valence-corrected chi connectivity index (χ3v) is 4.48. The van der Waals surface area contributed by atoms with Crippen LogP contribution in [-0.4, -0.2) is 70.5 Å². The molecule has 148 valence electrons. The smallest absolute Gasteiger partial charge is 0.191 e. The Bertz CT molecular complexity index is 538. The second-order valence-electron chi connectivity index (χ2n) is 6.17. The molecule has 1 fully saturated rings. The highest BCUT2D eigenvalue weighted by molar-refractivity contribution is 14.0. The van der Waals surface area contributed by atoms with E-state index in [9.17, 15) is 0 Å². The summed E-state index contributed by atoms with van der Waals surface area (Å²) in [5, 5.41) is 7.53. The molecule has 0 radical (unpaired) electrons. The van der Waals surface area contributed by atoms with Crippen LogP contribution in [0, 0.1) is 0 Å². The van der Waals surface area contributed by atoms with Crippen molar-refractivity contribution in [3.05, 3.63) is 34.9 Å². The van der Waals surface area contributed by atoms with Crippen LogP contribution in [0.15, 0.2) is 29.3 Å². The summed E-state index contributed by atoms with van der Waals surface area (Å²) in [6, 6.07) is 8.49. The molecule has 26 heavy (non-hydrogen) atoms. The molecule has 2 N–H and O–H groups in total. The number of aliphatic imine (C=N–C) groups is 1. The SMILES string of the molecule is CN=C(NCC(c1ccc(Cl)cc1)N1CCOCC1)NC(C)COC.I. The summed E-state index contributed by atoms with van der Waals surface area (Å²) < 4.78 is 10.7. The first-order valence-corrected chi connectivity index (χ1v) is 9.05. The van der Waals surface area contributed by atoms with Gasteiger partial charge in [-0.15, -0.1) is 24.0 Å².